The Balaban J connectivity index is 3.12. The normalized spacial score (nSPS) is 12.4. The first-order valence-electron chi connectivity index (χ1n) is 5.13. The molecule has 0 fully saturated rings. The summed E-state index contributed by atoms with van der Waals surface area (Å²) in [7, 11) is 3.60. The number of aryl methyl sites for hydroxylation is 1. The third-order valence-corrected chi connectivity index (χ3v) is 2.24. The van der Waals surface area contributed by atoms with Crippen LogP contribution in [0.5, 0.6) is 0 Å². The van der Waals surface area contributed by atoms with E-state index in [-0.39, 0.29) is 0 Å². The van der Waals surface area contributed by atoms with E-state index >= 15 is 0 Å². The van der Waals surface area contributed by atoms with Crippen molar-refractivity contribution in [3.05, 3.63) is 48.3 Å². The summed E-state index contributed by atoms with van der Waals surface area (Å²) in [6.45, 7) is 5.79. The number of hydrogen-bond acceptors (Lipinski definition) is 2. The van der Waals surface area contributed by atoms with Crippen molar-refractivity contribution in [1.29, 1.82) is 0 Å². The minimum absolute atomic E-state index is 0.823. The van der Waals surface area contributed by atoms with Gasteiger partial charge in [-0.25, -0.2) is 0 Å². The molecule has 0 spiro atoms. The minimum atomic E-state index is 0.823. The van der Waals surface area contributed by atoms with Gasteiger partial charge >= 0.3 is 0 Å². The number of amidine groups is 1. The van der Waals surface area contributed by atoms with Gasteiger partial charge in [0.2, 0.25) is 0 Å². The maximum Gasteiger partial charge on any atom is 0.120 e. The topological polar surface area (TPSA) is 37.3 Å². The molecule has 1 rings (SSSR count). The summed E-state index contributed by atoms with van der Waals surface area (Å²) in [4.78, 5) is 8.28. The van der Waals surface area contributed by atoms with Crippen molar-refractivity contribution in [3.8, 4) is 0 Å². The van der Waals surface area contributed by atoms with Crippen LogP contribution in [0.3, 0.4) is 0 Å². The zero-order chi connectivity index (χ0) is 12.0. The van der Waals surface area contributed by atoms with E-state index < -0.39 is 0 Å². The fourth-order valence-electron chi connectivity index (χ4n) is 1.38. The van der Waals surface area contributed by atoms with Crippen LogP contribution in [0.1, 0.15) is 11.3 Å². The van der Waals surface area contributed by atoms with E-state index in [0.29, 0.717) is 0 Å². The second-order valence-corrected chi connectivity index (χ2v) is 3.35. The number of allylic oxidation sites excluding steroid dienone is 2. The fourth-order valence-corrected chi connectivity index (χ4v) is 1.38. The van der Waals surface area contributed by atoms with Gasteiger partial charge in [0.15, 0.2) is 0 Å². The molecule has 0 saturated heterocycles. The quantitative estimate of drug-likeness (QED) is 0.477. The summed E-state index contributed by atoms with van der Waals surface area (Å²) in [5, 5.41) is 3.01. The van der Waals surface area contributed by atoms with Crippen LogP contribution in [0.2, 0.25) is 0 Å². The van der Waals surface area contributed by atoms with E-state index in [1.807, 2.05) is 38.3 Å². The van der Waals surface area contributed by atoms with Crippen molar-refractivity contribution in [2.45, 2.75) is 6.92 Å². The van der Waals surface area contributed by atoms with E-state index in [0.717, 1.165) is 22.7 Å². The molecule has 0 atom stereocenters. The molecule has 0 bridgehead atoms. The van der Waals surface area contributed by atoms with Crippen LogP contribution >= 0.6 is 0 Å². The van der Waals surface area contributed by atoms with Crippen LogP contribution in [0.15, 0.2) is 42.1 Å². The molecule has 0 aliphatic carbocycles. The van der Waals surface area contributed by atoms with Crippen LogP contribution in [-0.4, -0.2) is 24.9 Å². The second kappa shape index (κ2) is 5.85. The Hall–Kier alpha value is -1.90. The highest BCUT2D eigenvalue weighted by atomic mass is 14.9. The second-order valence-electron chi connectivity index (χ2n) is 3.35. The maximum atomic E-state index is 4.17. The Morgan fingerprint density at radius 1 is 1.56 bits per heavy atom. The fraction of sp³-hybridized carbons (Fsp3) is 0.231. The molecule has 0 radical (unpaired) electrons. The SMILES string of the molecule is C=C/C(=C\C(=NC)NC)c1ccnc(C)c1. The van der Waals surface area contributed by atoms with Gasteiger partial charge < -0.3 is 5.32 Å². The largest absolute Gasteiger partial charge is 0.373 e. The molecule has 1 aromatic rings. The van der Waals surface area contributed by atoms with Crippen LogP contribution < -0.4 is 5.32 Å². The third-order valence-electron chi connectivity index (χ3n) is 2.24. The summed E-state index contributed by atoms with van der Waals surface area (Å²) < 4.78 is 0. The summed E-state index contributed by atoms with van der Waals surface area (Å²) in [6, 6.07) is 3.99. The summed E-state index contributed by atoms with van der Waals surface area (Å²) in [6.07, 6.45) is 5.57. The van der Waals surface area contributed by atoms with Gasteiger partial charge in [-0.1, -0.05) is 12.7 Å². The lowest BCUT2D eigenvalue weighted by molar-refractivity contribution is 1.16. The molecule has 1 aromatic heterocycles. The highest BCUT2D eigenvalue weighted by Gasteiger charge is 1.99. The highest BCUT2D eigenvalue weighted by molar-refractivity contribution is 6.00. The average molecular weight is 215 g/mol. The van der Waals surface area contributed by atoms with Crippen molar-refractivity contribution < 1.29 is 0 Å². The Kier molecular flexibility index (Phi) is 4.45. The average Bonchev–Trinajstić information content (AvgIpc) is 2.31. The predicted octanol–water partition coefficient (Wildman–Crippen LogP) is 2.21. The number of aliphatic imine (C=N–C) groups is 1. The minimum Gasteiger partial charge on any atom is -0.373 e. The Labute approximate surface area is 96.6 Å². The van der Waals surface area contributed by atoms with Gasteiger partial charge in [0, 0.05) is 26.0 Å². The third kappa shape index (κ3) is 3.05. The Morgan fingerprint density at radius 3 is 2.81 bits per heavy atom. The van der Waals surface area contributed by atoms with Gasteiger partial charge in [-0.05, 0) is 36.3 Å². The molecule has 0 saturated carbocycles. The van der Waals surface area contributed by atoms with Crippen molar-refractivity contribution in [3.63, 3.8) is 0 Å². The van der Waals surface area contributed by atoms with Crippen molar-refractivity contribution in [2.24, 2.45) is 4.99 Å². The van der Waals surface area contributed by atoms with Crippen LogP contribution in [0, 0.1) is 6.92 Å². The molecule has 16 heavy (non-hydrogen) atoms. The number of nitrogens with one attached hydrogen (secondary N) is 1. The Morgan fingerprint density at radius 2 is 2.31 bits per heavy atom. The van der Waals surface area contributed by atoms with E-state index in [2.05, 4.69) is 21.9 Å². The molecule has 84 valence electrons. The molecule has 1 N–H and O–H groups in total. The molecule has 0 aliphatic heterocycles. The maximum absolute atomic E-state index is 4.17. The van der Waals surface area contributed by atoms with Gasteiger partial charge in [-0.15, -0.1) is 0 Å². The lowest BCUT2D eigenvalue weighted by Gasteiger charge is -2.05. The lowest BCUT2D eigenvalue weighted by atomic mass is 10.1. The van der Waals surface area contributed by atoms with Gasteiger partial charge in [0.05, 0.1) is 0 Å². The van der Waals surface area contributed by atoms with Gasteiger partial charge in [0.25, 0.3) is 0 Å². The lowest BCUT2D eigenvalue weighted by Crippen LogP contribution is -2.15. The van der Waals surface area contributed by atoms with Crippen molar-refractivity contribution in [2.75, 3.05) is 14.1 Å². The predicted molar refractivity (Wildman–Crippen MR) is 69.6 cm³/mol. The zero-order valence-corrected chi connectivity index (χ0v) is 9.99. The highest BCUT2D eigenvalue weighted by Crippen LogP contribution is 2.15. The van der Waals surface area contributed by atoms with Crippen LogP contribution in [0.25, 0.3) is 5.57 Å². The molecule has 0 amide bonds. The first kappa shape index (κ1) is 12.2. The summed E-state index contributed by atoms with van der Waals surface area (Å²) >= 11 is 0. The van der Waals surface area contributed by atoms with E-state index in [1.54, 1.807) is 13.2 Å². The number of nitrogens with zero attached hydrogens (tertiary/aromatic N) is 2. The summed E-state index contributed by atoms with van der Waals surface area (Å²) in [5.74, 6) is 0.823. The number of hydrogen-bond donors (Lipinski definition) is 1. The number of pyridine rings is 1. The zero-order valence-electron chi connectivity index (χ0n) is 9.99. The molecule has 3 nitrogen and oxygen atoms in total. The van der Waals surface area contributed by atoms with Gasteiger partial charge in [0.1, 0.15) is 5.84 Å². The molecular formula is C13H17N3. The van der Waals surface area contributed by atoms with E-state index in [9.17, 15) is 0 Å². The number of likely N-dealkylation sites (N-methyl/N-ethyl adjacent to an activating group) is 1. The molecule has 0 aromatic carbocycles. The molecule has 3 heteroatoms. The molecule has 0 unspecified atom stereocenters. The van der Waals surface area contributed by atoms with E-state index in [4.69, 9.17) is 0 Å². The number of aromatic nitrogens is 1. The van der Waals surface area contributed by atoms with Crippen molar-refractivity contribution >= 4 is 11.4 Å². The van der Waals surface area contributed by atoms with E-state index in [1.165, 1.54) is 0 Å². The number of rotatable bonds is 3. The van der Waals surface area contributed by atoms with Gasteiger partial charge in [-0.2, -0.15) is 0 Å². The standard InChI is InChI=1S/C13H17N3/c1-5-11(9-13(14-3)15-4)12-6-7-16-10(2)8-12/h5-9H,1H2,2-4H3,(H,14,15)/b11-9+. The first-order valence-corrected chi connectivity index (χ1v) is 5.13. The molecular weight excluding hydrogens is 198 g/mol. The monoisotopic (exact) mass is 215 g/mol. The van der Waals surface area contributed by atoms with Crippen LogP contribution in [-0.2, 0) is 0 Å². The smallest absolute Gasteiger partial charge is 0.120 e. The van der Waals surface area contributed by atoms with Crippen molar-refractivity contribution in [1.82, 2.24) is 10.3 Å². The van der Waals surface area contributed by atoms with Crippen LogP contribution in [0.4, 0.5) is 0 Å². The first-order chi connectivity index (χ1) is 7.71. The van der Waals surface area contributed by atoms with Gasteiger partial charge in [-0.3, -0.25) is 9.98 Å². The molecule has 1 heterocycles. The summed E-state index contributed by atoms with van der Waals surface area (Å²) in [5.41, 5.74) is 3.11. The Bertz CT molecular complexity index is 431. The molecule has 0 aliphatic rings.